The van der Waals surface area contributed by atoms with Crippen molar-refractivity contribution in [2.75, 3.05) is 0 Å². The summed E-state index contributed by atoms with van der Waals surface area (Å²) in [5.41, 5.74) is 4.39. The molecule has 1 amide bonds. The van der Waals surface area contributed by atoms with Crippen molar-refractivity contribution in [3.63, 3.8) is 0 Å². The molecule has 0 saturated heterocycles. The van der Waals surface area contributed by atoms with E-state index >= 15 is 0 Å². The van der Waals surface area contributed by atoms with E-state index in [4.69, 9.17) is 0 Å². The SMILES string of the molecule is CCCCCCCCCC(=O)N/N=C(/C)c1ccncc1. The maximum Gasteiger partial charge on any atom is 0.240 e. The van der Waals surface area contributed by atoms with E-state index < -0.39 is 0 Å². The van der Waals surface area contributed by atoms with Crippen LogP contribution in [0.1, 0.15) is 70.8 Å². The number of hydrazone groups is 1. The summed E-state index contributed by atoms with van der Waals surface area (Å²) >= 11 is 0. The van der Waals surface area contributed by atoms with Crippen LogP contribution < -0.4 is 5.43 Å². The average Bonchev–Trinajstić information content (AvgIpc) is 2.52. The van der Waals surface area contributed by atoms with Crippen LogP contribution in [0.2, 0.25) is 0 Å². The van der Waals surface area contributed by atoms with Crippen molar-refractivity contribution in [2.45, 2.75) is 65.2 Å². The number of nitrogens with one attached hydrogen (secondary N) is 1. The second-order valence-corrected chi connectivity index (χ2v) is 5.34. The molecule has 0 radical (unpaired) electrons. The molecular formula is C17H27N3O. The Labute approximate surface area is 128 Å². The van der Waals surface area contributed by atoms with Crippen LogP contribution in [0.15, 0.2) is 29.6 Å². The zero-order chi connectivity index (χ0) is 15.3. The lowest BCUT2D eigenvalue weighted by atomic mass is 10.1. The maximum atomic E-state index is 11.7. The molecule has 0 spiro atoms. The number of amides is 1. The number of aromatic nitrogens is 1. The molecule has 0 aliphatic heterocycles. The van der Waals surface area contributed by atoms with Gasteiger partial charge in [0.1, 0.15) is 0 Å². The molecule has 0 fully saturated rings. The van der Waals surface area contributed by atoms with Crippen LogP contribution in [-0.4, -0.2) is 16.6 Å². The van der Waals surface area contributed by atoms with E-state index in [0.29, 0.717) is 6.42 Å². The summed E-state index contributed by atoms with van der Waals surface area (Å²) in [6.45, 7) is 4.10. The minimum absolute atomic E-state index is 0.00281. The van der Waals surface area contributed by atoms with Gasteiger partial charge >= 0.3 is 0 Å². The van der Waals surface area contributed by atoms with Gasteiger partial charge in [0.2, 0.25) is 5.91 Å². The van der Waals surface area contributed by atoms with Crippen molar-refractivity contribution in [2.24, 2.45) is 5.10 Å². The largest absolute Gasteiger partial charge is 0.273 e. The van der Waals surface area contributed by atoms with E-state index in [1.54, 1.807) is 12.4 Å². The molecular weight excluding hydrogens is 262 g/mol. The van der Waals surface area contributed by atoms with Gasteiger partial charge < -0.3 is 0 Å². The van der Waals surface area contributed by atoms with Crippen molar-refractivity contribution in [1.29, 1.82) is 0 Å². The van der Waals surface area contributed by atoms with Crippen molar-refractivity contribution in [1.82, 2.24) is 10.4 Å². The molecule has 4 nitrogen and oxygen atoms in total. The van der Waals surface area contributed by atoms with E-state index in [9.17, 15) is 4.79 Å². The molecule has 116 valence electrons. The number of carbonyl (C=O) groups excluding carboxylic acids is 1. The van der Waals surface area contributed by atoms with E-state index in [2.05, 4.69) is 22.4 Å². The quantitative estimate of drug-likeness (QED) is 0.401. The molecule has 0 aliphatic carbocycles. The Bertz CT molecular complexity index is 429. The summed E-state index contributed by atoms with van der Waals surface area (Å²) in [5.74, 6) is -0.00281. The maximum absolute atomic E-state index is 11.7. The molecule has 4 heteroatoms. The van der Waals surface area contributed by atoms with Crippen molar-refractivity contribution < 1.29 is 4.79 Å². The second kappa shape index (κ2) is 11.0. The van der Waals surface area contributed by atoms with Crippen LogP contribution >= 0.6 is 0 Å². The summed E-state index contributed by atoms with van der Waals surface area (Å²) in [5, 5.41) is 4.12. The molecule has 21 heavy (non-hydrogen) atoms. The first-order valence-corrected chi connectivity index (χ1v) is 7.97. The van der Waals surface area contributed by atoms with Crippen LogP contribution in [0.25, 0.3) is 0 Å². The Morgan fingerprint density at radius 2 is 1.71 bits per heavy atom. The van der Waals surface area contributed by atoms with Gasteiger partial charge in [-0.2, -0.15) is 5.10 Å². The lowest BCUT2D eigenvalue weighted by Crippen LogP contribution is -2.18. The Hall–Kier alpha value is -1.71. The Morgan fingerprint density at radius 3 is 2.38 bits per heavy atom. The van der Waals surface area contributed by atoms with Gasteiger partial charge in [-0.15, -0.1) is 0 Å². The summed E-state index contributed by atoms with van der Waals surface area (Å²) in [6, 6.07) is 3.75. The standard InChI is InChI=1S/C17H27N3O/c1-3-4-5-6-7-8-9-10-17(21)20-19-15(2)16-11-13-18-14-12-16/h11-14H,3-10H2,1-2H3,(H,20,21)/b19-15-. The van der Waals surface area contributed by atoms with Crippen molar-refractivity contribution >= 4 is 11.6 Å². The second-order valence-electron chi connectivity index (χ2n) is 5.34. The van der Waals surface area contributed by atoms with Gasteiger partial charge in [-0.1, -0.05) is 45.4 Å². The number of pyridine rings is 1. The normalized spacial score (nSPS) is 11.4. The number of hydrogen-bond acceptors (Lipinski definition) is 3. The molecule has 0 saturated carbocycles. The molecule has 0 aromatic carbocycles. The van der Waals surface area contributed by atoms with Crippen LogP contribution in [0.5, 0.6) is 0 Å². The van der Waals surface area contributed by atoms with Gasteiger partial charge in [-0.25, -0.2) is 5.43 Å². The fourth-order valence-electron chi connectivity index (χ4n) is 2.10. The third kappa shape index (κ3) is 8.23. The minimum atomic E-state index is -0.00281. The van der Waals surface area contributed by atoms with Gasteiger partial charge in [0.05, 0.1) is 5.71 Å². The number of carbonyl (C=O) groups is 1. The topological polar surface area (TPSA) is 54.4 Å². The van der Waals surface area contributed by atoms with E-state index in [1.807, 2.05) is 19.1 Å². The van der Waals surface area contributed by atoms with Crippen LogP contribution in [0, 0.1) is 0 Å². The van der Waals surface area contributed by atoms with Gasteiger partial charge in [0.15, 0.2) is 0 Å². The average molecular weight is 289 g/mol. The van der Waals surface area contributed by atoms with E-state index in [0.717, 1.165) is 24.1 Å². The smallest absolute Gasteiger partial charge is 0.240 e. The first-order valence-electron chi connectivity index (χ1n) is 7.97. The zero-order valence-electron chi connectivity index (χ0n) is 13.3. The first kappa shape index (κ1) is 17.3. The highest BCUT2D eigenvalue weighted by atomic mass is 16.2. The molecule has 0 atom stereocenters. The fraction of sp³-hybridized carbons (Fsp3) is 0.588. The minimum Gasteiger partial charge on any atom is -0.273 e. The molecule has 1 rings (SSSR count). The molecule has 1 N–H and O–H groups in total. The number of nitrogens with zero attached hydrogens (tertiary/aromatic N) is 2. The van der Waals surface area contributed by atoms with Crippen molar-refractivity contribution in [3.8, 4) is 0 Å². The Kier molecular flexibility index (Phi) is 9.09. The highest BCUT2D eigenvalue weighted by molar-refractivity contribution is 5.99. The van der Waals surface area contributed by atoms with Gasteiger partial charge in [-0.05, 0) is 25.5 Å². The van der Waals surface area contributed by atoms with Gasteiger partial charge in [0.25, 0.3) is 0 Å². The monoisotopic (exact) mass is 289 g/mol. The lowest BCUT2D eigenvalue weighted by molar-refractivity contribution is -0.121. The molecule has 1 heterocycles. The van der Waals surface area contributed by atoms with Crippen LogP contribution in [0.3, 0.4) is 0 Å². The third-order valence-electron chi connectivity index (χ3n) is 3.45. The highest BCUT2D eigenvalue weighted by Gasteiger charge is 2.01. The van der Waals surface area contributed by atoms with Crippen LogP contribution in [-0.2, 0) is 4.79 Å². The summed E-state index contributed by atoms with van der Waals surface area (Å²) < 4.78 is 0. The Morgan fingerprint density at radius 1 is 1.10 bits per heavy atom. The molecule has 1 aromatic rings. The molecule has 0 bridgehead atoms. The number of hydrogen-bond donors (Lipinski definition) is 1. The fourth-order valence-corrected chi connectivity index (χ4v) is 2.10. The predicted molar refractivity (Wildman–Crippen MR) is 87.2 cm³/mol. The predicted octanol–water partition coefficient (Wildman–Crippen LogP) is 4.06. The number of unbranched alkanes of at least 4 members (excludes halogenated alkanes) is 6. The Balaban J connectivity index is 2.14. The highest BCUT2D eigenvalue weighted by Crippen LogP contribution is 2.08. The van der Waals surface area contributed by atoms with E-state index in [-0.39, 0.29) is 5.91 Å². The summed E-state index contributed by atoms with van der Waals surface area (Å²) in [7, 11) is 0. The third-order valence-corrected chi connectivity index (χ3v) is 3.45. The van der Waals surface area contributed by atoms with Gasteiger partial charge in [-0.3, -0.25) is 9.78 Å². The van der Waals surface area contributed by atoms with Gasteiger partial charge in [0, 0.05) is 24.4 Å². The molecule has 1 aromatic heterocycles. The first-order chi connectivity index (χ1) is 10.2. The van der Waals surface area contributed by atoms with Crippen molar-refractivity contribution in [3.05, 3.63) is 30.1 Å². The molecule has 0 aliphatic rings. The lowest BCUT2D eigenvalue weighted by Gasteiger charge is -2.03. The zero-order valence-corrected chi connectivity index (χ0v) is 13.3. The van der Waals surface area contributed by atoms with Crippen LogP contribution in [0.4, 0.5) is 0 Å². The summed E-state index contributed by atoms with van der Waals surface area (Å²) in [6.07, 6.45) is 12.5. The molecule has 0 unspecified atom stereocenters. The number of rotatable bonds is 10. The summed E-state index contributed by atoms with van der Waals surface area (Å²) in [4.78, 5) is 15.6. The van der Waals surface area contributed by atoms with E-state index in [1.165, 1.54) is 32.1 Å².